The van der Waals surface area contributed by atoms with Gasteiger partial charge in [0.2, 0.25) is 0 Å². The maximum Gasteiger partial charge on any atom is 0.123 e. The number of halogens is 1. The summed E-state index contributed by atoms with van der Waals surface area (Å²) in [5.41, 5.74) is 7.37. The maximum absolute atomic E-state index is 13.2. The summed E-state index contributed by atoms with van der Waals surface area (Å²) in [4.78, 5) is 2.21. The number of benzene rings is 1. The molecule has 4 heteroatoms. The summed E-state index contributed by atoms with van der Waals surface area (Å²) in [6.07, 6.45) is 0. The summed E-state index contributed by atoms with van der Waals surface area (Å²) in [6.45, 7) is 6.78. The van der Waals surface area contributed by atoms with E-state index in [1.165, 1.54) is 12.1 Å². The first-order valence-electron chi connectivity index (χ1n) is 5.89. The van der Waals surface area contributed by atoms with E-state index in [1.807, 2.05) is 0 Å². The number of anilines is 1. The molecule has 1 aliphatic rings. The van der Waals surface area contributed by atoms with Crippen LogP contribution in [-0.4, -0.2) is 25.3 Å². The van der Waals surface area contributed by atoms with E-state index in [9.17, 15) is 4.39 Å². The molecule has 0 saturated carbocycles. The smallest absolute Gasteiger partial charge is 0.123 e. The normalized spacial score (nSPS) is 19.4. The molecule has 3 nitrogen and oxygen atoms in total. The highest BCUT2D eigenvalue weighted by Crippen LogP contribution is 2.26. The second-order valence-electron chi connectivity index (χ2n) is 5.01. The average molecular weight is 238 g/mol. The van der Waals surface area contributed by atoms with Crippen molar-refractivity contribution in [2.24, 2.45) is 5.73 Å². The molecule has 1 aromatic rings. The van der Waals surface area contributed by atoms with Gasteiger partial charge in [0, 0.05) is 25.3 Å². The van der Waals surface area contributed by atoms with Gasteiger partial charge in [0.15, 0.2) is 0 Å². The van der Waals surface area contributed by atoms with Crippen molar-refractivity contribution in [2.45, 2.75) is 26.0 Å². The number of morpholine rings is 1. The minimum Gasteiger partial charge on any atom is -0.372 e. The first kappa shape index (κ1) is 12.3. The number of nitrogens with zero attached hydrogens (tertiary/aromatic N) is 1. The summed E-state index contributed by atoms with van der Waals surface area (Å²) < 4.78 is 18.8. The Labute approximate surface area is 101 Å². The second kappa shape index (κ2) is 4.63. The minimum atomic E-state index is -0.235. The molecule has 1 saturated heterocycles. The van der Waals surface area contributed by atoms with E-state index in [2.05, 4.69) is 18.7 Å². The van der Waals surface area contributed by atoms with E-state index in [0.29, 0.717) is 13.2 Å². The molecule has 1 fully saturated rings. The Morgan fingerprint density at radius 1 is 1.47 bits per heavy atom. The van der Waals surface area contributed by atoms with Crippen molar-refractivity contribution >= 4 is 5.69 Å². The zero-order valence-electron chi connectivity index (χ0n) is 10.4. The molecule has 0 spiro atoms. The van der Waals surface area contributed by atoms with E-state index in [0.717, 1.165) is 24.3 Å². The molecule has 2 N–H and O–H groups in total. The molecule has 0 atom stereocenters. The lowest BCUT2D eigenvalue weighted by atomic mass is 10.0. The summed E-state index contributed by atoms with van der Waals surface area (Å²) in [5, 5.41) is 0. The Hall–Kier alpha value is -1.13. The lowest BCUT2D eigenvalue weighted by Crippen LogP contribution is -2.48. The van der Waals surface area contributed by atoms with Gasteiger partial charge in [-0.15, -0.1) is 0 Å². The first-order chi connectivity index (χ1) is 8.02. The van der Waals surface area contributed by atoms with E-state index < -0.39 is 0 Å². The summed E-state index contributed by atoms with van der Waals surface area (Å²) in [7, 11) is 0. The molecule has 1 aliphatic heterocycles. The predicted octanol–water partition coefficient (Wildman–Crippen LogP) is 1.90. The molecule has 2 rings (SSSR count). The van der Waals surface area contributed by atoms with Gasteiger partial charge in [0.25, 0.3) is 0 Å². The number of ether oxygens (including phenoxy) is 1. The van der Waals surface area contributed by atoms with Crippen LogP contribution in [0.5, 0.6) is 0 Å². The summed E-state index contributed by atoms with van der Waals surface area (Å²) >= 11 is 0. The Morgan fingerprint density at radius 2 is 2.24 bits per heavy atom. The fourth-order valence-corrected chi connectivity index (χ4v) is 2.25. The molecule has 0 bridgehead atoms. The van der Waals surface area contributed by atoms with Crippen LogP contribution in [0.2, 0.25) is 0 Å². The minimum absolute atomic E-state index is 0.168. The Morgan fingerprint density at radius 3 is 2.88 bits per heavy atom. The zero-order valence-corrected chi connectivity index (χ0v) is 10.4. The predicted molar refractivity (Wildman–Crippen MR) is 66.5 cm³/mol. The molecule has 1 heterocycles. The third-order valence-corrected chi connectivity index (χ3v) is 3.03. The summed E-state index contributed by atoms with van der Waals surface area (Å²) in [5.74, 6) is -0.235. The molecule has 17 heavy (non-hydrogen) atoms. The highest BCUT2D eigenvalue weighted by Gasteiger charge is 2.28. The fraction of sp³-hybridized carbons (Fsp3) is 0.538. The lowest BCUT2D eigenvalue weighted by molar-refractivity contribution is -0.0277. The van der Waals surface area contributed by atoms with Gasteiger partial charge in [-0.3, -0.25) is 0 Å². The maximum atomic E-state index is 13.2. The molecule has 0 radical (unpaired) electrons. The first-order valence-corrected chi connectivity index (χ1v) is 5.89. The van der Waals surface area contributed by atoms with Crippen molar-refractivity contribution in [1.82, 2.24) is 0 Å². The van der Waals surface area contributed by atoms with Crippen molar-refractivity contribution in [2.75, 3.05) is 24.6 Å². The van der Waals surface area contributed by atoms with Crippen molar-refractivity contribution in [3.63, 3.8) is 0 Å². The van der Waals surface area contributed by atoms with Crippen molar-refractivity contribution in [1.29, 1.82) is 0 Å². The van der Waals surface area contributed by atoms with Gasteiger partial charge in [0.05, 0.1) is 12.2 Å². The van der Waals surface area contributed by atoms with Crippen LogP contribution in [0.4, 0.5) is 10.1 Å². The number of nitrogens with two attached hydrogens (primary N) is 1. The van der Waals surface area contributed by atoms with Crippen molar-refractivity contribution < 1.29 is 9.13 Å². The second-order valence-corrected chi connectivity index (χ2v) is 5.01. The third-order valence-electron chi connectivity index (χ3n) is 3.03. The van der Waals surface area contributed by atoms with Gasteiger partial charge in [-0.25, -0.2) is 4.39 Å². The Balaban J connectivity index is 2.27. The molecular formula is C13H19FN2O. The van der Waals surface area contributed by atoms with E-state index >= 15 is 0 Å². The number of rotatable bonds is 2. The van der Waals surface area contributed by atoms with Gasteiger partial charge in [-0.05, 0) is 37.6 Å². The van der Waals surface area contributed by atoms with Crippen LogP contribution < -0.4 is 10.6 Å². The van der Waals surface area contributed by atoms with Gasteiger partial charge >= 0.3 is 0 Å². The van der Waals surface area contributed by atoms with Crippen LogP contribution in [0.15, 0.2) is 18.2 Å². The SMILES string of the molecule is CC1(C)CN(c2ccc(F)cc2CN)CCO1. The zero-order chi connectivity index (χ0) is 12.5. The average Bonchev–Trinajstić information content (AvgIpc) is 2.27. The molecule has 0 unspecified atom stereocenters. The number of hydrogen-bond donors (Lipinski definition) is 1. The molecule has 94 valence electrons. The lowest BCUT2D eigenvalue weighted by Gasteiger charge is -2.40. The monoisotopic (exact) mass is 238 g/mol. The Kier molecular flexibility index (Phi) is 3.35. The van der Waals surface area contributed by atoms with Gasteiger partial charge in [0.1, 0.15) is 5.82 Å². The van der Waals surface area contributed by atoms with Crippen LogP contribution in [0, 0.1) is 5.82 Å². The Bertz CT molecular complexity index is 406. The highest BCUT2D eigenvalue weighted by molar-refractivity contribution is 5.54. The van der Waals surface area contributed by atoms with Gasteiger partial charge < -0.3 is 15.4 Å². The van der Waals surface area contributed by atoms with Crippen LogP contribution in [-0.2, 0) is 11.3 Å². The topological polar surface area (TPSA) is 38.5 Å². The number of hydrogen-bond acceptors (Lipinski definition) is 3. The van der Waals surface area contributed by atoms with Gasteiger partial charge in [-0.1, -0.05) is 0 Å². The summed E-state index contributed by atoms with van der Waals surface area (Å²) in [6, 6.07) is 4.80. The molecule has 1 aromatic carbocycles. The van der Waals surface area contributed by atoms with Crippen LogP contribution >= 0.6 is 0 Å². The van der Waals surface area contributed by atoms with E-state index in [-0.39, 0.29) is 11.4 Å². The van der Waals surface area contributed by atoms with E-state index in [4.69, 9.17) is 10.5 Å². The quantitative estimate of drug-likeness (QED) is 0.855. The third kappa shape index (κ3) is 2.76. The standard InChI is InChI=1S/C13H19FN2O/c1-13(2)9-16(5-6-17-13)12-4-3-11(14)7-10(12)8-15/h3-4,7H,5-6,8-9,15H2,1-2H3. The van der Waals surface area contributed by atoms with Gasteiger partial charge in [-0.2, -0.15) is 0 Å². The van der Waals surface area contributed by atoms with Crippen molar-refractivity contribution in [3.8, 4) is 0 Å². The highest BCUT2D eigenvalue weighted by atomic mass is 19.1. The van der Waals surface area contributed by atoms with Crippen LogP contribution in [0.3, 0.4) is 0 Å². The largest absolute Gasteiger partial charge is 0.372 e. The van der Waals surface area contributed by atoms with E-state index in [1.54, 1.807) is 6.07 Å². The fourth-order valence-electron chi connectivity index (χ4n) is 2.25. The molecular weight excluding hydrogens is 219 g/mol. The molecule has 0 aliphatic carbocycles. The van der Waals surface area contributed by atoms with Crippen molar-refractivity contribution in [3.05, 3.63) is 29.6 Å². The molecule has 0 aromatic heterocycles. The van der Waals surface area contributed by atoms with Crippen LogP contribution in [0.1, 0.15) is 19.4 Å². The van der Waals surface area contributed by atoms with Crippen LogP contribution in [0.25, 0.3) is 0 Å². The molecule has 0 amide bonds.